The lowest BCUT2D eigenvalue weighted by atomic mass is 10.0. The number of carbonyl (C=O) groups is 2. The number of amides is 1. The maximum Gasteiger partial charge on any atom is 0.326 e. The summed E-state index contributed by atoms with van der Waals surface area (Å²) < 4.78 is 1.85. The fraction of sp³-hybridized carbons (Fsp3) is 0.450. The molecule has 138 valence electrons. The van der Waals surface area contributed by atoms with Crippen LogP contribution in [0.15, 0.2) is 24.3 Å². The molecule has 2 N–H and O–H groups in total. The van der Waals surface area contributed by atoms with Crippen molar-refractivity contribution in [1.82, 2.24) is 15.1 Å². The minimum Gasteiger partial charge on any atom is -0.480 e. The van der Waals surface area contributed by atoms with Crippen molar-refractivity contribution in [2.24, 2.45) is 5.92 Å². The van der Waals surface area contributed by atoms with Gasteiger partial charge in [0.25, 0.3) is 5.91 Å². The summed E-state index contributed by atoms with van der Waals surface area (Å²) >= 11 is 0. The molecule has 1 heterocycles. The normalized spacial score (nSPS) is 14.3. The molecule has 0 radical (unpaired) electrons. The molecule has 0 spiro atoms. The minimum absolute atomic E-state index is 0.173. The summed E-state index contributed by atoms with van der Waals surface area (Å²) in [6.07, 6.45) is 3.04. The van der Waals surface area contributed by atoms with E-state index in [1.54, 1.807) is 0 Å². The van der Waals surface area contributed by atoms with E-state index in [2.05, 4.69) is 10.4 Å². The van der Waals surface area contributed by atoms with Crippen molar-refractivity contribution in [2.75, 3.05) is 0 Å². The molecule has 1 amide bonds. The molecule has 1 aliphatic rings. The second-order valence-corrected chi connectivity index (χ2v) is 7.32. The number of aryl methyl sites for hydroxylation is 1. The largest absolute Gasteiger partial charge is 0.480 e. The number of benzene rings is 1. The van der Waals surface area contributed by atoms with Gasteiger partial charge in [0.2, 0.25) is 0 Å². The number of rotatable bonds is 6. The number of hydrogen-bond donors (Lipinski definition) is 2. The summed E-state index contributed by atoms with van der Waals surface area (Å²) in [7, 11) is 0. The summed E-state index contributed by atoms with van der Waals surface area (Å²) in [5.41, 5.74) is 4.40. The lowest BCUT2D eigenvalue weighted by Crippen LogP contribution is -2.42. The number of nitrogens with one attached hydrogen (secondary N) is 1. The third-order valence-corrected chi connectivity index (χ3v) is 4.80. The van der Waals surface area contributed by atoms with Gasteiger partial charge in [0.15, 0.2) is 5.69 Å². The molecule has 0 unspecified atom stereocenters. The van der Waals surface area contributed by atoms with E-state index in [0.29, 0.717) is 12.1 Å². The van der Waals surface area contributed by atoms with Gasteiger partial charge in [-0.2, -0.15) is 5.10 Å². The minimum atomic E-state index is -1.01. The van der Waals surface area contributed by atoms with Crippen molar-refractivity contribution in [3.8, 4) is 5.69 Å². The van der Waals surface area contributed by atoms with Crippen LogP contribution in [0.1, 0.15) is 54.0 Å². The molecule has 0 saturated carbocycles. The Morgan fingerprint density at radius 2 is 2.00 bits per heavy atom. The fourth-order valence-corrected chi connectivity index (χ4v) is 3.54. The summed E-state index contributed by atoms with van der Waals surface area (Å²) in [6.45, 7) is 5.89. The second-order valence-electron chi connectivity index (χ2n) is 7.32. The number of aliphatic carboxylic acids is 1. The van der Waals surface area contributed by atoms with E-state index in [1.807, 2.05) is 49.7 Å². The molecular formula is C20H25N3O3. The molecule has 6 heteroatoms. The molecule has 1 atom stereocenters. The highest BCUT2D eigenvalue weighted by atomic mass is 16.4. The zero-order valence-electron chi connectivity index (χ0n) is 15.5. The van der Waals surface area contributed by atoms with E-state index >= 15 is 0 Å². The van der Waals surface area contributed by atoms with Crippen molar-refractivity contribution in [3.63, 3.8) is 0 Å². The lowest BCUT2D eigenvalue weighted by molar-refractivity contribution is -0.139. The Morgan fingerprint density at radius 3 is 2.65 bits per heavy atom. The lowest BCUT2D eigenvalue weighted by Gasteiger charge is -2.16. The molecule has 1 aromatic carbocycles. The first-order valence-corrected chi connectivity index (χ1v) is 9.09. The molecule has 0 fully saturated rings. The highest BCUT2D eigenvalue weighted by Crippen LogP contribution is 2.29. The molecule has 0 bridgehead atoms. The van der Waals surface area contributed by atoms with Crippen LogP contribution in [0.5, 0.6) is 0 Å². The number of aromatic nitrogens is 2. The standard InChI is InChI=1S/C20H25N3O3/c1-12(2)11-15(20(25)26)21-19(24)18-14-8-6-10-17(14)23(22-18)16-9-5-4-7-13(16)3/h4-5,7,9,12,15H,6,8,10-11H2,1-3H3,(H,21,24)(H,25,26)/t15-/m1/s1. The van der Waals surface area contributed by atoms with E-state index < -0.39 is 17.9 Å². The van der Waals surface area contributed by atoms with E-state index in [-0.39, 0.29) is 5.92 Å². The number of para-hydroxylation sites is 1. The fourth-order valence-electron chi connectivity index (χ4n) is 3.54. The first-order chi connectivity index (χ1) is 12.4. The third-order valence-electron chi connectivity index (χ3n) is 4.80. The van der Waals surface area contributed by atoms with Gasteiger partial charge in [0, 0.05) is 11.3 Å². The number of carboxylic acid groups (broad SMARTS) is 1. The van der Waals surface area contributed by atoms with Crippen LogP contribution >= 0.6 is 0 Å². The van der Waals surface area contributed by atoms with E-state index in [9.17, 15) is 14.7 Å². The van der Waals surface area contributed by atoms with E-state index in [0.717, 1.165) is 41.8 Å². The van der Waals surface area contributed by atoms with Crippen LogP contribution in [0.4, 0.5) is 0 Å². The second kappa shape index (κ2) is 7.32. The Bertz CT molecular complexity index is 839. The zero-order chi connectivity index (χ0) is 18.8. The number of hydrogen-bond acceptors (Lipinski definition) is 3. The Morgan fingerprint density at radius 1 is 1.27 bits per heavy atom. The monoisotopic (exact) mass is 355 g/mol. The zero-order valence-corrected chi connectivity index (χ0v) is 15.5. The van der Waals surface area contributed by atoms with Gasteiger partial charge in [0.1, 0.15) is 6.04 Å². The first kappa shape index (κ1) is 18.2. The maximum absolute atomic E-state index is 12.8. The average Bonchev–Trinajstić information content (AvgIpc) is 3.16. The van der Waals surface area contributed by atoms with Crippen LogP contribution < -0.4 is 5.32 Å². The van der Waals surface area contributed by atoms with Crippen LogP contribution in [0.2, 0.25) is 0 Å². The smallest absolute Gasteiger partial charge is 0.326 e. The molecule has 26 heavy (non-hydrogen) atoms. The Kier molecular flexibility index (Phi) is 5.11. The van der Waals surface area contributed by atoms with Gasteiger partial charge in [-0.05, 0) is 50.2 Å². The Balaban J connectivity index is 1.94. The molecule has 6 nitrogen and oxygen atoms in total. The van der Waals surface area contributed by atoms with Crippen molar-refractivity contribution in [3.05, 3.63) is 46.8 Å². The predicted molar refractivity (Wildman–Crippen MR) is 98.7 cm³/mol. The third kappa shape index (κ3) is 3.49. The summed E-state index contributed by atoms with van der Waals surface area (Å²) in [5.74, 6) is -1.24. The van der Waals surface area contributed by atoms with Gasteiger partial charge in [-0.1, -0.05) is 32.0 Å². The van der Waals surface area contributed by atoms with Crippen molar-refractivity contribution >= 4 is 11.9 Å². The first-order valence-electron chi connectivity index (χ1n) is 9.09. The summed E-state index contributed by atoms with van der Waals surface area (Å²) in [5, 5.41) is 16.6. The van der Waals surface area contributed by atoms with Crippen LogP contribution in [0, 0.1) is 12.8 Å². The van der Waals surface area contributed by atoms with Crippen molar-refractivity contribution in [2.45, 2.75) is 52.5 Å². The van der Waals surface area contributed by atoms with E-state index in [1.165, 1.54) is 0 Å². The van der Waals surface area contributed by atoms with Gasteiger partial charge in [-0.25, -0.2) is 9.48 Å². The number of carboxylic acids is 1. The van der Waals surface area contributed by atoms with Gasteiger partial charge in [-0.15, -0.1) is 0 Å². The number of carbonyl (C=O) groups excluding carboxylic acids is 1. The number of fused-ring (bicyclic) bond motifs is 1. The van der Waals surface area contributed by atoms with Crippen LogP contribution in [-0.2, 0) is 17.6 Å². The molecular weight excluding hydrogens is 330 g/mol. The van der Waals surface area contributed by atoms with E-state index in [4.69, 9.17) is 0 Å². The topological polar surface area (TPSA) is 84.2 Å². The Labute approximate surface area is 153 Å². The molecule has 0 aliphatic heterocycles. The summed E-state index contributed by atoms with van der Waals surface area (Å²) in [4.78, 5) is 24.2. The van der Waals surface area contributed by atoms with Gasteiger partial charge in [-0.3, -0.25) is 4.79 Å². The van der Waals surface area contributed by atoms with Crippen LogP contribution in [0.3, 0.4) is 0 Å². The molecule has 2 aromatic rings. The number of nitrogens with zero attached hydrogens (tertiary/aromatic N) is 2. The maximum atomic E-state index is 12.8. The SMILES string of the molecule is Cc1ccccc1-n1nc(C(=O)N[C@H](CC(C)C)C(=O)O)c2c1CCC2. The quantitative estimate of drug-likeness (QED) is 0.834. The van der Waals surface area contributed by atoms with Crippen molar-refractivity contribution in [1.29, 1.82) is 0 Å². The predicted octanol–water partition coefficient (Wildman–Crippen LogP) is 2.90. The van der Waals surface area contributed by atoms with Crippen LogP contribution in [0.25, 0.3) is 5.69 Å². The average molecular weight is 355 g/mol. The van der Waals surface area contributed by atoms with Gasteiger partial charge >= 0.3 is 5.97 Å². The summed E-state index contributed by atoms with van der Waals surface area (Å²) in [6, 6.07) is 7.03. The van der Waals surface area contributed by atoms with Gasteiger partial charge < -0.3 is 10.4 Å². The highest BCUT2D eigenvalue weighted by molar-refractivity contribution is 5.96. The Hall–Kier alpha value is -2.63. The van der Waals surface area contributed by atoms with Gasteiger partial charge in [0.05, 0.1) is 5.69 Å². The molecule has 1 aliphatic carbocycles. The molecule has 0 saturated heterocycles. The van der Waals surface area contributed by atoms with Crippen molar-refractivity contribution < 1.29 is 14.7 Å². The molecule has 3 rings (SSSR count). The molecule has 1 aromatic heterocycles. The van der Waals surface area contributed by atoms with Crippen LogP contribution in [-0.4, -0.2) is 32.8 Å². The highest BCUT2D eigenvalue weighted by Gasteiger charge is 2.30.